The molecule has 0 unspecified atom stereocenters. The second-order valence-corrected chi connectivity index (χ2v) is 8.26. The molecule has 2 aromatic carbocycles. The summed E-state index contributed by atoms with van der Waals surface area (Å²) in [6.45, 7) is 0. The highest BCUT2D eigenvalue weighted by molar-refractivity contribution is 7.90. The van der Waals surface area contributed by atoms with Gasteiger partial charge in [0, 0.05) is 12.2 Å². The third-order valence-corrected chi connectivity index (χ3v) is 5.69. The zero-order chi connectivity index (χ0) is 19.2. The van der Waals surface area contributed by atoms with E-state index in [0.717, 1.165) is 0 Å². The van der Waals surface area contributed by atoms with Crippen molar-refractivity contribution in [2.45, 2.75) is 9.79 Å². The molecule has 0 heterocycles. The molecule has 2 N–H and O–H groups in total. The number of nitrogens with one attached hydrogen (secondary N) is 2. The molecule has 0 saturated heterocycles. The smallest absolute Gasteiger partial charge is 0.264 e. The van der Waals surface area contributed by atoms with E-state index in [2.05, 4.69) is 0 Å². The Balaban J connectivity index is 2.01. The molecule has 0 aliphatic rings. The van der Waals surface area contributed by atoms with Crippen LogP contribution in [0.25, 0.3) is 0 Å². The Hall–Kier alpha value is -2.98. The van der Waals surface area contributed by atoms with Crippen molar-refractivity contribution in [2.75, 3.05) is 0 Å². The lowest BCUT2D eigenvalue weighted by Crippen LogP contribution is -2.31. The summed E-state index contributed by atoms with van der Waals surface area (Å²) in [6, 6.07) is 14.3. The summed E-state index contributed by atoms with van der Waals surface area (Å²) in [5.74, 6) is -2.19. The summed E-state index contributed by atoms with van der Waals surface area (Å²) in [4.78, 5) is 23.1. The van der Waals surface area contributed by atoms with Gasteiger partial charge < -0.3 is 0 Å². The van der Waals surface area contributed by atoms with E-state index in [4.69, 9.17) is 0 Å². The van der Waals surface area contributed by atoms with Crippen LogP contribution in [0.15, 0.2) is 82.6 Å². The minimum absolute atomic E-state index is 0.127. The van der Waals surface area contributed by atoms with Crippen molar-refractivity contribution in [3.8, 4) is 0 Å². The first-order valence-corrected chi connectivity index (χ1v) is 10.1. The van der Waals surface area contributed by atoms with Crippen molar-refractivity contribution in [2.24, 2.45) is 0 Å². The maximum Gasteiger partial charge on any atom is 0.264 e. The highest BCUT2D eigenvalue weighted by Gasteiger charge is 2.17. The SMILES string of the molecule is O=C(C=CC(=O)NS(=O)(=O)c1ccccc1)NS(=O)(=O)c1ccccc1. The van der Waals surface area contributed by atoms with Crippen LogP contribution in [0.2, 0.25) is 0 Å². The van der Waals surface area contributed by atoms with Crippen LogP contribution in [0.1, 0.15) is 0 Å². The predicted octanol–water partition coefficient (Wildman–Crippen LogP) is 0.553. The number of sulfonamides is 2. The Morgan fingerprint density at radius 2 is 0.923 bits per heavy atom. The minimum atomic E-state index is -4.09. The van der Waals surface area contributed by atoms with Gasteiger partial charge in [0.05, 0.1) is 9.79 Å². The number of rotatable bonds is 6. The molecule has 26 heavy (non-hydrogen) atoms. The lowest BCUT2D eigenvalue weighted by Gasteiger charge is -2.05. The van der Waals surface area contributed by atoms with Crippen LogP contribution in [0.3, 0.4) is 0 Å². The van der Waals surface area contributed by atoms with Crippen LogP contribution in [-0.4, -0.2) is 28.6 Å². The van der Waals surface area contributed by atoms with E-state index in [9.17, 15) is 26.4 Å². The first-order chi connectivity index (χ1) is 12.2. The summed E-state index contributed by atoms with van der Waals surface area (Å²) in [5.41, 5.74) is 0. The molecule has 0 radical (unpaired) electrons. The average Bonchev–Trinajstić information content (AvgIpc) is 2.61. The Bertz CT molecular complexity index is 945. The molecule has 10 heteroatoms. The van der Waals surface area contributed by atoms with Crippen molar-refractivity contribution in [3.05, 3.63) is 72.8 Å². The second-order valence-electron chi connectivity index (χ2n) is 4.90. The normalized spacial score (nSPS) is 11.8. The zero-order valence-electron chi connectivity index (χ0n) is 13.2. The summed E-state index contributed by atoms with van der Waals surface area (Å²) >= 11 is 0. The van der Waals surface area contributed by atoms with Crippen LogP contribution in [-0.2, 0) is 29.6 Å². The van der Waals surface area contributed by atoms with Gasteiger partial charge in [0.2, 0.25) is 0 Å². The first kappa shape index (κ1) is 19.3. The molecular weight excluding hydrogens is 380 g/mol. The monoisotopic (exact) mass is 394 g/mol. The lowest BCUT2D eigenvalue weighted by molar-refractivity contribution is -0.117. The van der Waals surface area contributed by atoms with Crippen molar-refractivity contribution >= 4 is 31.9 Å². The van der Waals surface area contributed by atoms with E-state index >= 15 is 0 Å². The molecule has 8 nitrogen and oxygen atoms in total. The van der Waals surface area contributed by atoms with E-state index in [1.807, 2.05) is 0 Å². The number of benzene rings is 2. The molecule has 0 aliphatic heterocycles. The van der Waals surface area contributed by atoms with Gasteiger partial charge >= 0.3 is 0 Å². The summed E-state index contributed by atoms with van der Waals surface area (Å²) in [5, 5.41) is 0. The Morgan fingerprint density at radius 1 is 0.615 bits per heavy atom. The van der Waals surface area contributed by atoms with Crippen LogP contribution >= 0.6 is 0 Å². The molecule has 0 atom stereocenters. The van der Waals surface area contributed by atoms with Crippen molar-refractivity contribution in [1.82, 2.24) is 9.44 Å². The van der Waals surface area contributed by atoms with Crippen LogP contribution < -0.4 is 9.44 Å². The van der Waals surface area contributed by atoms with E-state index in [0.29, 0.717) is 12.2 Å². The van der Waals surface area contributed by atoms with Gasteiger partial charge in [-0.2, -0.15) is 0 Å². The highest BCUT2D eigenvalue weighted by Crippen LogP contribution is 2.08. The fourth-order valence-corrected chi connectivity index (χ4v) is 3.73. The standard InChI is InChI=1S/C16H14N2O6S2/c19-15(17-25(21,22)13-7-3-1-4-8-13)11-12-16(20)18-26(23,24)14-9-5-2-6-10-14/h1-12H,(H,17,19)(H,18,20). The van der Waals surface area contributed by atoms with Gasteiger partial charge in [0.25, 0.3) is 31.9 Å². The van der Waals surface area contributed by atoms with Gasteiger partial charge in [0.15, 0.2) is 0 Å². The van der Waals surface area contributed by atoms with E-state index < -0.39 is 31.9 Å². The highest BCUT2D eigenvalue weighted by atomic mass is 32.2. The number of hydrogen-bond donors (Lipinski definition) is 2. The van der Waals surface area contributed by atoms with Gasteiger partial charge in [-0.05, 0) is 24.3 Å². The fourth-order valence-electron chi connectivity index (χ4n) is 1.80. The molecule has 0 fully saturated rings. The van der Waals surface area contributed by atoms with Gasteiger partial charge in [-0.3, -0.25) is 9.59 Å². The van der Waals surface area contributed by atoms with Crippen molar-refractivity contribution in [3.63, 3.8) is 0 Å². The maximum atomic E-state index is 11.9. The summed E-state index contributed by atoms with van der Waals surface area (Å²) in [7, 11) is -8.17. The van der Waals surface area contributed by atoms with Crippen molar-refractivity contribution in [1.29, 1.82) is 0 Å². The van der Waals surface area contributed by atoms with Gasteiger partial charge in [-0.1, -0.05) is 36.4 Å². The molecule has 0 aliphatic carbocycles. The molecular formula is C16H14N2O6S2. The minimum Gasteiger partial charge on any atom is -0.269 e. The number of hydrogen-bond acceptors (Lipinski definition) is 6. The Labute approximate surface area is 150 Å². The topological polar surface area (TPSA) is 126 Å². The molecule has 2 aromatic rings. The molecule has 2 amide bonds. The van der Waals surface area contributed by atoms with Gasteiger partial charge in [-0.25, -0.2) is 26.3 Å². The largest absolute Gasteiger partial charge is 0.269 e. The third kappa shape index (κ3) is 5.26. The predicted molar refractivity (Wildman–Crippen MR) is 92.7 cm³/mol. The third-order valence-electron chi connectivity index (χ3n) is 2.96. The summed E-state index contributed by atoms with van der Waals surface area (Å²) < 4.78 is 51.2. The second kappa shape index (κ2) is 7.93. The quantitative estimate of drug-likeness (QED) is 0.689. The summed E-state index contributed by atoms with van der Waals surface area (Å²) in [6.07, 6.45) is 1.24. The van der Waals surface area contributed by atoms with Crippen LogP contribution in [0.4, 0.5) is 0 Å². The Morgan fingerprint density at radius 3 is 1.23 bits per heavy atom. The fraction of sp³-hybridized carbons (Fsp3) is 0. The van der Waals surface area contributed by atoms with Crippen LogP contribution in [0, 0.1) is 0 Å². The number of carbonyl (C=O) groups is 2. The maximum absolute atomic E-state index is 11.9. The average molecular weight is 394 g/mol. The van der Waals surface area contributed by atoms with Crippen molar-refractivity contribution < 1.29 is 26.4 Å². The molecule has 0 aromatic heterocycles. The van der Waals surface area contributed by atoms with E-state index in [1.165, 1.54) is 48.5 Å². The van der Waals surface area contributed by atoms with E-state index in [-0.39, 0.29) is 9.79 Å². The Kier molecular flexibility index (Phi) is 5.90. The lowest BCUT2D eigenvalue weighted by atomic mass is 10.4. The molecule has 2 rings (SSSR count). The molecule has 136 valence electrons. The molecule has 0 bridgehead atoms. The zero-order valence-corrected chi connectivity index (χ0v) is 14.8. The molecule has 0 saturated carbocycles. The molecule has 0 spiro atoms. The van der Waals surface area contributed by atoms with Gasteiger partial charge in [-0.15, -0.1) is 0 Å². The number of amides is 2. The van der Waals surface area contributed by atoms with Crippen LogP contribution in [0.5, 0.6) is 0 Å². The van der Waals surface area contributed by atoms with E-state index in [1.54, 1.807) is 21.6 Å². The number of carbonyl (C=O) groups excluding carboxylic acids is 2. The first-order valence-electron chi connectivity index (χ1n) is 7.12. The van der Waals surface area contributed by atoms with Gasteiger partial charge in [0.1, 0.15) is 0 Å².